The highest BCUT2D eigenvalue weighted by atomic mass is 16.1. The van der Waals surface area contributed by atoms with Crippen LogP contribution in [0.3, 0.4) is 0 Å². The maximum atomic E-state index is 12.8. The molecule has 0 saturated carbocycles. The van der Waals surface area contributed by atoms with Gasteiger partial charge in [-0.05, 0) is 61.3 Å². The minimum absolute atomic E-state index is 0.0280. The van der Waals surface area contributed by atoms with Crippen molar-refractivity contribution in [2.45, 2.75) is 53.9 Å². The van der Waals surface area contributed by atoms with Crippen LogP contribution in [0.5, 0.6) is 0 Å². The molecule has 176 valence electrons. The molecule has 3 aromatic carbocycles. The van der Waals surface area contributed by atoms with Crippen molar-refractivity contribution in [3.05, 3.63) is 108 Å². The van der Waals surface area contributed by atoms with Gasteiger partial charge in [-0.25, -0.2) is 0 Å². The first-order valence-electron chi connectivity index (χ1n) is 12.0. The third kappa shape index (κ3) is 5.99. The fourth-order valence-corrected chi connectivity index (χ4v) is 4.40. The molecule has 0 aromatic heterocycles. The first-order chi connectivity index (χ1) is 16.0. The SMILES string of the molecule is C=C(C)C(C)(C)CC(C)(CCc1ccc(-c2cccc(C(=O)c3ccccc3)c2)cc1)C(C)=O. The Balaban J connectivity index is 1.73. The highest BCUT2D eigenvalue weighted by molar-refractivity contribution is 6.09. The molecule has 34 heavy (non-hydrogen) atoms. The Kier molecular flexibility index (Phi) is 7.71. The summed E-state index contributed by atoms with van der Waals surface area (Å²) in [6.07, 6.45) is 2.44. The molecule has 0 saturated heterocycles. The highest BCUT2D eigenvalue weighted by Gasteiger charge is 2.36. The normalized spacial score (nSPS) is 13.2. The van der Waals surface area contributed by atoms with Crippen molar-refractivity contribution in [1.82, 2.24) is 0 Å². The number of aryl methyl sites for hydroxylation is 1. The molecule has 2 nitrogen and oxygen atoms in total. The van der Waals surface area contributed by atoms with Crippen LogP contribution in [0.2, 0.25) is 0 Å². The maximum Gasteiger partial charge on any atom is 0.193 e. The molecule has 0 heterocycles. The van der Waals surface area contributed by atoms with Crippen LogP contribution in [0.25, 0.3) is 11.1 Å². The fraction of sp³-hybridized carbons (Fsp3) is 0.312. The van der Waals surface area contributed by atoms with Gasteiger partial charge >= 0.3 is 0 Å². The minimum Gasteiger partial charge on any atom is -0.299 e. The average Bonchev–Trinajstić information content (AvgIpc) is 2.83. The molecule has 0 spiro atoms. The number of ketones is 2. The summed E-state index contributed by atoms with van der Waals surface area (Å²) in [5, 5.41) is 0. The fourth-order valence-electron chi connectivity index (χ4n) is 4.40. The van der Waals surface area contributed by atoms with E-state index in [0.717, 1.165) is 36.0 Å². The molecular formula is C32H36O2. The smallest absolute Gasteiger partial charge is 0.193 e. The van der Waals surface area contributed by atoms with E-state index < -0.39 is 0 Å². The number of carbonyl (C=O) groups is 2. The number of rotatable bonds is 10. The lowest BCUT2D eigenvalue weighted by Gasteiger charge is -2.36. The van der Waals surface area contributed by atoms with Gasteiger partial charge < -0.3 is 0 Å². The first kappa shape index (κ1) is 25.4. The van der Waals surface area contributed by atoms with Crippen molar-refractivity contribution in [3.63, 3.8) is 0 Å². The summed E-state index contributed by atoms with van der Waals surface area (Å²) < 4.78 is 0. The quantitative estimate of drug-likeness (QED) is 0.230. The molecule has 0 radical (unpaired) electrons. The topological polar surface area (TPSA) is 34.1 Å². The molecule has 0 aliphatic heterocycles. The zero-order valence-electron chi connectivity index (χ0n) is 21.2. The summed E-state index contributed by atoms with van der Waals surface area (Å²) in [6.45, 7) is 14.3. The molecule has 0 aliphatic carbocycles. The predicted octanol–water partition coefficient (Wildman–Crippen LogP) is 8.10. The third-order valence-electron chi connectivity index (χ3n) is 7.25. The molecule has 1 atom stereocenters. The van der Waals surface area contributed by atoms with E-state index in [1.54, 1.807) is 6.92 Å². The minimum atomic E-state index is -0.382. The van der Waals surface area contributed by atoms with E-state index in [2.05, 4.69) is 51.6 Å². The number of hydrogen-bond donors (Lipinski definition) is 0. The van der Waals surface area contributed by atoms with Crippen molar-refractivity contribution in [1.29, 1.82) is 0 Å². The summed E-state index contributed by atoms with van der Waals surface area (Å²) in [7, 11) is 0. The van der Waals surface area contributed by atoms with Gasteiger partial charge in [-0.3, -0.25) is 9.59 Å². The Hall–Kier alpha value is -3.26. The van der Waals surface area contributed by atoms with Gasteiger partial charge in [0.05, 0.1) is 0 Å². The summed E-state index contributed by atoms with van der Waals surface area (Å²) in [5.41, 5.74) is 5.33. The first-order valence-corrected chi connectivity index (χ1v) is 12.0. The lowest BCUT2D eigenvalue weighted by Crippen LogP contribution is -2.33. The van der Waals surface area contributed by atoms with E-state index in [1.807, 2.05) is 61.5 Å². The predicted molar refractivity (Wildman–Crippen MR) is 142 cm³/mol. The van der Waals surface area contributed by atoms with E-state index in [-0.39, 0.29) is 22.4 Å². The van der Waals surface area contributed by atoms with Crippen LogP contribution in [0, 0.1) is 10.8 Å². The van der Waals surface area contributed by atoms with E-state index in [1.165, 1.54) is 5.56 Å². The third-order valence-corrected chi connectivity index (χ3v) is 7.25. The van der Waals surface area contributed by atoms with Crippen LogP contribution < -0.4 is 0 Å². The van der Waals surface area contributed by atoms with Crippen LogP contribution in [0.4, 0.5) is 0 Å². The standard InChI is InChI=1S/C32H36O2/c1-23(2)31(4,5)22-32(6,24(3)33)20-19-25-15-17-26(18-16-25)28-13-10-14-29(21-28)30(34)27-11-8-7-9-12-27/h7-18,21H,1,19-20,22H2,2-6H3. The summed E-state index contributed by atoms with van der Waals surface area (Å²) >= 11 is 0. The number of benzene rings is 3. The van der Waals surface area contributed by atoms with Crippen LogP contribution in [0.1, 0.15) is 68.9 Å². The highest BCUT2D eigenvalue weighted by Crippen LogP contribution is 2.41. The Morgan fingerprint density at radius 1 is 0.765 bits per heavy atom. The van der Waals surface area contributed by atoms with Crippen molar-refractivity contribution >= 4 is 11.6 Å². The van der Waals surface area contributed by atoms with Gasteiger partial charge in [-0.1, -0.05) is 106 Å². The Bertz CT molecular complexity index is 1170. The van der Waals surface area contributed by atoms with Gasteiger partial charge in [0.1, 0.15) is 5.78 Å². The summed E-state index contributed by atoms with van der Waals surface area (Å²) in [4.78, 5) is 25.4. The van der Waals surface area contributed by atoms with Crippen molar-refractivity contribution in [3.8, 4) is 11.1 Å². The molecule has 3 rings (SSSR count). The van der Waals surface area contributed by atoms with Gasteiger partial charge in [-0.2, -0.15) is 0 Å². The Morgan fingerprint density at radius 3 is 1.97 bits per heavy atom. The number of allylic oxidation sites excluding steroid dienone is 1. The molecule has 0 amide bonds. The maximum absolute atomic E-state index is 12.8. The average molecular weight is 453 g/mol. The van der Waals surface area contributed by atoms with Crippen LogP contribution in [-0.4, -0.2) is 11.6 Å². The molecule has 2 heteroatoms. The van der Waals surface area contributed by atoms with Crippen LogP contribution in [-0.2, 0) is 11.2 Å². The summed E-state index contributed by atoms with van der Waals surface area (Å²) in [6, 6.07) is 25.6. The van der Waals surface area contributed by atoms with Crippen LogP contribution in [0.15, 0.2) is 91.0 Å². The number of carbonyl (C=O) groups excluding carboxylic acids is 2. The summed E-state index contributed by atoms with van der Waals surface area (Å²) in [5.74, 6) is 0.263. The lowest BCUT2D eigenvalue weighted by atomic mass is 9.67. The van der Waals surface area contributed by atoms with Gasteiger partial charge in [0.15, 0.2) is 5.78 Å². The monoisotopic (exact) mass is 452 g/mol. The lowest BCUT2D eigenvalue weighted by molar-refractivity contribution is -0.127. The molecule has 1 unspecified atom stereocenters. The van der Waals surface area contributed by atoms with Crippen molar-refractivity contribution in [2.24, 2.45) is 10.8 Å². The second-order valence-electron chi connectivity index (χ2n) is 10.4. The van der Waals surface area contributed by atoms with Crippen molar-refractivity contribution < 1.29 is 9.59 Å². The second kappa shape index (κ2) is 10.3. The van der Waals surface area contributed by atoms with Gasteiger partial charge in [-0.15, -0.1) is 0 Å². The zero-order chi connectivity index (χ0) is 24.9. The molecule has 0 aliphatic rings. The van der Waals surface area contributed by atoms with Gasteiger partial charge in [0.25, 0.3) is 0 Å². The van der Waals surface area contributed by atoms with E-state index in [4.69, 9.17) is 0 Å². The zero-order valence-corrected chi connectivity index (χ0v) is 21.2. The molecule has 3 aromatic rings. The molecule has 0 N–H and O–H groups in total. The van der Waals surface area contributed by atoms with Crippen molar-refractivity contribution in [2.75, 3.05) is 0 Å². The van der Waals surface area contributed by atoms with E-state index >= 15 is 0 Å². The molecule has 0 fully saturated rings. The molecule has 0 bridgehead atoms. The van der Waals surface area contributed by atoms with E-state index in [9.17, 15) is 9.59 Å². The Labute approximate surface area is 204 Å². The Morgan fingerprint density at radius 2 is 1.38 bits per heavy atom. The second-order valence-corrected chi connectivity index (χ2v) is 10.4. The van der Waals surface area contributed by atoms with Crippen LogP contribution >= 0.6 is 0 Å². The van der Waals surface area contributed by atoms with Gasteiger partial charge in [0, 0.05) is 16.5 Å². The number of Topliss-reactive ketones (excluding diaryl/α,β-unsaturated/α-hetero) is 1. The van der Waals surface area contributed by atoms with Gasteiger partial charge in [0.2, 0.25) is 0 Å². The molecular weight excluding hydrogens is 416 g/mol. The number of hydrogen-bond acceptors (Lipinski definition) is 2. The largest absolute Gasteiger partial charge is 0.299 e. The van der Waals surface area contributed by atoms with E-state index in [0.29, 0.717) is 11.1 Å².